The predicted octanol–water partition coefficient (Wildman–Crippen LogP) is 8.97. The van der Waals surface area contributed by atoms with Crippen LogP contribution in [0, 0.1) is 0 Å². The molecule has 0 aromatic heterocycles. The van der Waals surface area contributed by atoms with Crippen LogP contribution in [0.5, 0.6) is 0 Å². The van der Waals surface area contributed by atoms with E-state index < -0.39 is 5.60 Å². The fourth-order valence-corrected chi connectivity index (χ4v) is 4.79. The van der Waals surface area contributed by atoms with E-state index in [9.17, 15) is 14.4 Å². The van der Waals surface area contributed by atoms with E-state index in [0.29, 0.717) is 19.6 Å². The lowest BCUT2D eigenvalue weighted by atomic mass is 10.1. The molecule has 0 saturated heterocycles. The second kappa shape index (κ2) is 26.5. The average molecular weight is 568 g/mol. The smallest absolute Gasteiger partial charge is 0.306 e. The van der Waals surface area contributed by atoms with Crippen LogP contribution < -0.4 is 0 Å². The average Bonchev–Trinajstić information content (AvgIpc) is 2.90. The third-order valence-electron chi connectivity index (χ3n) is 7.18. The van der Waals surface area contributed by atoms with Crippen LogP contribution in [0.3, 0.4) is 0 Å². The van der Waals surface area contributed by atoms with Gasteiger partial charge in [-0.15, -0.1) is 0 Å². The van der Waals surface area contributed by atoms with Gasteiger partial charge in [0, 0.05) is 25.9 Å². The summed E-state index contributed by atoms with van der Waals surface area (Å²) in [6, 6.07) is 0. The van der Waals surface area contributed by atoms with Gasteiger partial charge in [0.25, 0.3) is 0 Å². The Bertz CT molecular complexity index is 628. The normalized spacial score (nSPS) is 11.5. The first-order valence-corrected chi connectivity index (χ1v) is 16.8. The van der Waals surface area contributed by atoms with E-state index in [0.717, 1.165) is 32.2 Å². The number of unbranched alkanes of at least 4 members (excludes halogenated alkanes) is 16. The van der Waals surface area contributed by atoms with Crippen molar-refractivity contribution in [3.8, 4) is 0 Å². The summed E-state index contributed by atoms with van der Waals surface area (Å²) in [6.07, 6.45) is 23.3. The molecule has 236 valence electrons. The number of nitrogens with zero attached hydrogens (tertiary/aromatic N) is 1. The van der Waals surface area contributed by atoms with Crippen LogP contribution in [0.4, 0.5) is 0 Å². The highest BCUT2D eigenvalue weighted by atomic mass is 16.6. The minimum Gasteiger partial charge on any atom is -0.460 e. The first-order chi connectivity index (χ1) is 19.2. The van der Waals surface area contributed by atoms with Crippen LogP contribution in [-0.2, 0) is 23.9 Å². The van der Waals surface area contributed by atoms with E-state index in [2.05, 4.69) is 13.8 Å². The van der Waals surface area contributed by atoms with E-state index in [1.807, 2.05) is 25.7 Å². The number of carbonyl (C=O) groups excluding carboxylic acids is 3. The third-order valence-corrected chi connectivity index (χ3v) is 7.18. The molecular formula is C34H65NO5. The van der Waals surface area contributed by atoms with Gasteiger partial charge in [-0.05, 0) is 33.6 Å². The predicted molar refractivity (Wildman–Crippen MR) is 167 cm³/mol. The zero-order valence-corrected chi connectivity index (χ0v) is 27.2. The molecule has 0 aliphatic heterocycles. The topological polar surface area (TPSA) is 72.9 Å². The van der Waals surface area contributed by atoms with Crippen molar-refractivity contribution in [2.75, 3.05) is 26.3 Å². The summed E-state index contributed by atoms with van der Waals surface area (Å²) in [4.78, 5) is 38.9. The van der Waals surface area contributed by atoms with Gasteiger partial charge in [-0.2, -0.15) is 0 Å². The molecule has 0 aromatic rings. The molecule has 40 heavy (non-hydrogen) atoms. The minimum atomic E-state index is -0.546. The van der Waals surface area contributed by atoms with Gasteiger partial charge in [-0.1, -0.05) is 117 Å². The number of amides is 1. The van der Waals surface area contributed by atoms with Crippen molar-refractivity contribution in [1.82, 2.24) is 4.90 Å². The maximum Gasteiger partial charge on any atom is 0.306 e. The summed E-state index contributed by atoms with van der Waals surface area (Å²) < 4.78 is 10.9. The van der Waals surface area contributed by atoms with Gasteiger partial charge in [0.1, 0.15) is 12.2 Å². The number of rotatable bonds is 28. The van der Waals surface area contributed by atoms with Crippen LogP contribution in [0.15, 0.2) is 0 Å². The molecule has 0 heterocycles. The highest BCUT2D eigenvalue weighted by Gasteiger charge is 2.17. The number of carbonyl (C=O) groups is 3. The molecular weight excluding hydrogens is 502 g/mol. The molecule has 0 aromatic carbocycles. The summed E-state index contributed by atoms with van der Waals surface area (Å²) >= 11 is 0. The maximum absolute atomic E-state index is 13.0. The zero-order valence-electron chi connectivity index (χ0n) is 27.2. The van der Waals surface area contributed by atoms with Crippen molar-refractivity contribution in [2.24, 2.45) is 0 Å². The Morgan fingerprint density at radius 3 is 1.55 bits per heavy atom. The summed E-state index contributed by atoms with van der Waals surface area (Å²) in [6.45, 7) is 11.5. The number of ketones is 1. The monoisotopic (exact) mass is 567 g/mol. The fourth-order valence-electron chi connectivity index (χ4n) is 4.79. The van der Waals surface area contributed by atoms with E-state index in [1.165, 1.54) is 89.9 Å². The molecule has 0 bridgehead atoms. The van der Waals surface area contributed by atoms with Gasteiger partial charge in [0.05, 0.1) is 13.0 Å². The molecule has 0 fully saturated rings. The maximum atomic E-state index is 13.0. The van der Waals surface area contributed by atoms with E-state index in [1.54, 1.807) is 0 Å². The summed E-state index contributed by atoms with van der Waals surface area (Å²) in [5.74, 6) is -0.269. The molecule has 0 saturated carbocycles. The first-order valence-electron chi connectivity index (χ1n) is 16.8. The van der Waals surface area contributed by atoms with Crippen molar-refractivity contribution in [1.29, 1.82) is 0 Å². The lowest BCUT2D eigenvalue weighted by Crippen LogP contribution is -2.35. The van der Waals surface area contributed by atoms with Crippen molar-refractivity contribution < 1.29 is 23.9 Å². The second-order valence-corrected chi connectivity index (χ2v) is 12.5. The SMILES string of the molecule is CCCCCCCCCCCCN(CCOCC(=O)CCC(=O)OC(C)(C)C)C(=O)CCCCCCCCCC. The van der Waals surface area contributed by atoms with Gasteiger partial charge < -0.3 is 14.4 Å². The molecule has 6 nitrogen and oxygen atoms in total. The molecule has 0 aliphatic carbocycles. The third kappa shape index (κ3) is 26.8. The van der Waals surface area contributed by atoms with Crippen molar-refractivity contribution in [3.63, 3.8) is 0 Å². The Balaban J connectivity index is 4.32. The highest BCUT2D eigenvalue weighted by molar-refractivity contribution is 5.83. The highest BCUT2D eigenvalue weighted by Crippen LogP contribution is 2.13. The lowest BCUT2D eigenvalue weighted by Gasteiger charge is -2.23. The molecule has 0 atom stereocenters. The minimum absolute atomic E-state index is 0.0267. The molecule has 0 N–H and O–H groups in total. The number of hydrogen-bond acceptors (Lipinski definition) is 5. The number of ether oxygens (including phenoxy) is 2. The standard InChI is InChI=1S/C34H65NO5/c1-6-8-10-12-14-16-17-19-21-23-27-35(32(37)24-22-20-18-15-13-11-9-7-2)28-29-39-30-31(36)25-26-33(38)40-34(3,4)5/h6-30H2,1-5H3. The number of hydrogen-bond donors (Lipinski definition) is 0. The van der Waals surface area contributed by atoms with Gasteiger partial charge in [-0.25, -0.2) is 0 Å². The summed E-state index contributed by atoms with van der Waals surface area (Å²) in [5.41, 5.74) is -0.546. The zero-order chi connectivity index (χ0) is 29.9. The molecule has 6 heteroatoms. The summed E-state index contributed by atoms with van der Waals surface area (Å²) in [7, 11) is 0. The van der Waals surface area contributed by atoms with Gasteiger partial charge in [0.15, 0.2) is 5.78 Å². The Labute approximate surface area is 247 Å². The number of esters is 1. The van der Waals surface area contributed by atoms with Crippen LogP contribution in [0.1, 0.15) is 169 Å². The van der Waals surface area contributed by atoms with Gasteiger partial charge in [0.2, 0.25) is 5.91 Å². The Kier molecular flexibility index (Phi) is 25.5. The van der Waals surface area contributed by atoms with Gasteiger partial charge >= 0.3 is 5.97 Å². The van der Waals surface area contributed by atoms with Crippen LogP contribution in [-0.4, -0.2) is 54.5 Å². The fraction of sp³-hybridized carbons (Fsp3) is 0.912. The molecule has 0 rings (SSSR count). The summed E-state index contributed by atoms with van der Waals surface area (Å²) in [5, 5.41) is 0. The van der Waals surface area contributed by atoms with Crippen LogP contribution in [0.2, 0.25) is 0 Å². The Morgan fingerprint density at radius 1 is 0.575 bits per heavy atom. The lowest BCUT2D eigenvalue weighted by molar-refractivity contribution is -0.155. The second-order valence-electron chi connectivity index (χ2n) is 12.5. The quantitative estimate of drug-likeness (QED) is 0.0697. The van der Waals surface area contributed by atoms with Gasteiger partial charge in [-0.3, -0.25) is 14.4 Å². The molecule has 0 spiro atoms. The van der Waals surface area contributed by atoms with E-state index in [-0.39, 0.29) is 37.1 Å². The molecule has 0 radical (unpaired) electrons. The first kappa shape index (κ1) is 38.6. The largest absolute Gasteiger partial charge is 0.460 e. The Morgan fingerprint density at radius 2 is 1.05 bits per heavy atom. The molecule has 0 unspecified atom stereocenters. The van der Waals surface area contributed by atoms with Crippen LogP contribution >= 0.6 is 0 Å². The van der Waals surface area contributed by atoms with Crippen molar-refractivity contribution in [2.45, 2.75) is 175 Å². The number of Topliss-reactive ketones (excluding diaryl/α,β-unsaturated/α-hetero) is 1. The van der Waals surface area contributed by atoms with Crippen molar-refractivity contribution >= 4 is 17.7 Å². The molecule has 0 aliphatic rings. The van der Waals surface area contributed by atoms with E-state index >= 15 is 0 Å². The Hall–Kier alpha value is -1.43. The van der Waals surface area contributed by atoms with Crippen molar-refractivity contribution in [3.05, 3.63) is 0 Å². The van der Waals surface area contributed by atoms with Crippen LogP contribution in [0.25, 0.3) is 0 Å². The van der Waals surface area contributed by atoms with E-state index in [4.69, 9.17) is 9.47 Å². The molecule has 1 amide bonds.